The van der Waals surface area contributed by atoms with Crippen LogP contribution in [-0.4, -0.2) is 26.8 Å². The van der Waals surface area contributed by atoms with E-state index in [1.807, 2.05) is 0 Å². The third-order valence-electron chi connectivity index (χ3n) is 3.34. The molecule has 1 aromatic carbocycles. The predicted octanol–water partition coefficient (Wildman–Crippen LogP) is 2.86. The summed E-state index contributed by atoms with van der Waals surface area (Å²) in [5.74, 6) is -0.443. The lowest BCUT2D eigenvalue weighted by molar-refractivity contribution is 0.393. The largest absolute Gasteiger partial charge is 0.314 e. The highest BCUT2D eigenvalue weighted by molar-refractivity contribution is 9.10. The molecule has 112 valence electrons. The van der Waals surface area contributed by atoms with Crippen LogP contribution in [0.15, 0.2) is 22.7 Å². The zero-order valence-electron chi connectivity index (χ0n) is 11.0. The normalized spacial score (nSPS) is 19.8. The minimum absolute atomic E-state index is 0.0440. The second-order valence-corrected chi connectivity index (χ2v) is 7.68. The Balaban J connectivity index is 1.91. The van der Waals surface area contributed by atoms with Crippen molar-refractivity contribution in [3.05, 3.63) is 28.5 Å². The van der Waals surface area contributed by atoms with Crippen molar-refractivity contribution in [2.75, 3.05) is 17.0 Å². The van der Waals surface area contributed by atoms with Gasteiger partial charge < -0.3 is 5.32 Å². The van der Waals surface area contributed by atoms with Gasteiger partial charge in [-0.3, -0.25) is 4.72 Å². The van der Waals surface area contributed by atoms with Gasteiger partial charge in [0.2, 0.25) is 10.0 Å². The first-order valence-electron chi connectivity index (χ1n) is 6.65. The summed E-state index contributed by atoms with van der Waals surface area (Å²) in [6.07, 6.45) is 3.89. The van der Waals surface area contributed by atoms with Crippen LogP contribution in [0.3, 0.4) is 0 Å². The van der Waals surface area contributed by atoms with Crippen molar-refractivity contribution >= 4 is 31.6 Å². The second kappa shape index (κ2) is 6.87. The van der Waals surface area contributed by atoms with Gasteiger partial charge in [0, 0.05) is 6.04 Å². The number of benzene rings is 1. The fourth-order valence-electron chi connectivity index (χ4n) is 2.26. The van der Waals surface area contributed by atoms with E-state index in [1.54, 1.807) is 0 Å². The number of nitrogens with one attached hydrogen (secondary N) is 2. The third-order valence-corrected chi connectivity index (χ3v) is 5.30. The molecule has 1 aliphatic rings. The molecule has 20 heavy (non-hydrogen) atoms. The maximum atomic E-state index is 13.3. The zero-order valence-corrected chi connectivity index (χ0v) is 13.4. The van der Waals surface area contributed by atoms with Gasteiger partial charge in [-0.25, -0.2) is 12.8 Å². The third kappa shape index (κ3) is 4.71. The summed E-state index contributed by atoms with van der Waals surface area (Å²) < 4.78 is 40.0. The lowest BCUT2D eigenvalue weighted by Gasteiger charge is -2.23. The first kappa shape index (κ1) is 15.7. The summed E-state index contributed by atoms with van der Waals surface area (Å²) in [6, 6.07) is 4.45. The highest BCUT2D eigenvalue weighted by Crippen LogP contribution is 2.20. The first-order chi connectivity index (χ1) is 9.46. The molecule has 4 nitrogen and oxygen atoms in total. The second-order valence-electron chi connectivity index (χ2n) is 4.99. The molecule has 0 radical (unpaired) electrons. The Bertz CT molecular complexity index is 559. The molecule has 0 aromatic heterocycles. The standard InChI is InChI=1S/C13H18BrFN2O2S/c14-12-5-4-11(9-13(12)15)17-20(18,19)8-6-10-3-1-2-7-16-10/h4-5,9-10,16-17H,1-3,6-8H2. The minimum Gasteiger partial charge on any atom is -0.314 e. The summed E-state index contributed by atoms with van der Waals surface area (Å²) in [6.45, 7) is 0.954. The highest BCUT2D eigenvalue weighted by atomic mass is 79.9. The number of piperidine rings is 1. The molecule has 1 heterocycles. The van der Waals surface area contributed by atoms with Crippen LogP contribution in [0.1, 0.15) is 25.7 Å². The van der Waals surface area contributed by atoms with Crippen molar-refractivity contribution in [2.45, 2.75) is 31.7 Å². The summed E-state index contributed by atoms with van der Waals surface area (Å²) in [5.41, 5.74) is 0.252. The minimum atomic E-state index is -3.44. The molecule has 0 saturated carbocycles. The van der Waals surface area contributed by atoms with Crippen LogP contribution >= 0.6 is 15.9 Å². The molecule has 2 rings (SSSR count). The van der Waals surface area contributed by atoms with Crippen LogP contribution < -0.4 is 10.0 Å². The van der Waals surface area contributed by atoms with Crippen molar-refractivity contribution in [3.8, 4) is 0 Å². The van der Waals surface area contributed by atoms with Gasteiger partial charge in [-0.2, -0.15) is 0 Å². The fraction of sp³-hybridized carbons (Fsp3) is 0.538. The van der Waals surface area contributed by atoms with Gasteiger partial charge in [0.15, 0.2) is 0 Å². The quantitative estimate of drug-likeness (QED) is 0.844. The zero-order chi connectivity index (χ0) is 14.6. The van der Waals surface area contributed by atoms with E-state index in [1.165, 1.54) is 18.2 Å². The average Bonchev–Trinajstić information content (AvgIpc) is 2.42. The smallest absolute Gasteiger partial charge is 0.232 e. The molecule has 7 heteroatoms. The van der Waals surface area contributed by atoms with Gasteiger partial charge in [-0.1, -0.05) is 6.42 Å². The summed E-state index contributed by atoms with van der Waals surface area (Å²) in [5, 5.41) is 3.31. The molecular formula is C13H18BrFN2O2S. The van der Waals surface area contributed by atoms with Crippen LogP contribution in [0.5, 0.6) is 0 Å². The van der Waals surface area contributed by atoms with Gasteiger partial charge in [-0.05, 0) is 59.9 Å². The van der Waals surface area contributed by atoms with Gasteiger partial charge in [0.1, 0.15) is 5.82 Å². The number of rotatable bonds is 5. The number of halogens is 2. The summed E-state index contributed by atoms with van der Waals surface area (Å²) in [7, 11) is -3.44. The topological polar surface area (TPSA) is 58.2 Å². The van der Waals surface area contributed by atoms with E-state index in [0.29, 0.717) is 10.9 Å². The molecule has 0 bridgehead atoms. The van der Waals surface area contributed by atoms with Crippen molar-refractivity contribution in [2.24, 2.45) is 0 Å². The molecule has 0 spiro atoms. The fourth-order valence-corrected chi connectivity index (χ4v) is 3.69. The van der Waals surface area contributed by atoms with E-state index in [0.717, 1.165) is 25.8 Å². The SMILES string of the molecule is O=S(=O)(CCC1CCCCN1)Nc1ccc(Br)c(F)c1. The molecule has 0 aliphatic carbocycles. The Labute approximate surface area is 127 Å². The number of hydrogen-bond donors (Lipinski definition) is 2. The van der Waals surface area contributed by atoms with Crippen LogP contribution in [0.4, 0.5) is 10.1 Å². The van der Waals surface area contributed by atoms with Gasteiger partial charge in [0.05, 0.1) is 15.9 Å². The number of hydrogen-bond acceptors (Lipinski definition) is 3. The van der Waals surface area contributed by atoms with Crippen LogP contribution in [0.2, 0.25) is 0 Å². The van der Waals surface area contributed by atoms with Gasteiger partial charge in [-0.15, -0.1) is 0 Å². The Morgan fingerprint density at radius 1 is 1.40 bits per heavy atom. The van der Waals surface area contributed by atoms with Gasteiger partial charge in [0.25, 0.3) is 0 Å². The van der Waals surface area contributed by atoms with E-state index < -0.39 is 15.8 Å². The maximum absolute atomic E-state index is 13.3. The van der Waals surface area contributed by atoms with Crippen molar-refractivity contribution in [3.63, 3.8) is 0 Å². The number of sulfonamides is 1. The first-order valence-corrected chi connectivity index (χ1v) is 9.10. The molecule has 1 aliphatic heterocycles. The Morgan fingerprint density at radius 3 is 2.85 bits per heavy atom. The van der Waals surface area contributed by atoms with E-state index in [2.05, 4.69) is 26.0 Å². The lowest BCUT2D eigenvalue weighted by atomic mass is 10.0. The van der Waals surface area contributed by atoms with Gasteiger partial charge >= 0.3 is 0 Å². The maximum Gasteiger partial charge on any atom is 0.232 e. The molecule has 1 fully saturated rings. The molecule has 0 amide bonds. The monoisotopic (exact) mass is 364 g/mol. The van der Waals surface area contributed by atoms with E-state index in [9.17, 15) is 12.8 Å². The lowest BCUT2D eigenvalue weighted by Crippen LogP contribution is -2.36. The number of anilines is 1. The Kier molecular flexibility index (Phi) is 5.40. The predicted molar refractivity (Wildman–Crippen MR) is 81.8 cm³/mol. The molecule has 1 unspecified atom stereocenters. The molecule has 1 saturated heterocycles. The van der Waals surface area contributed by atoms with Crippen LogP contribution in [0.25, 0.3) is 0 Å². The molecular weight excluding hydrogens is 347 g/mol. The average molecular weight is 365 g/mol. The summed E-state index contributed by atoms with van der Waals surface area (Å²) >= 11 is 3.03. The molecule has 2 N–H and O–H groups in total. The van der Waals surface area contributed by atoms with E-state index >= 15 is 0 Å². The van der Waals surface area contributed by atoms with Crippen molar-refractivity contribution in [1.82, 2.24) is 5.32 Å². The summed E-state index contributed by atoms with van der Waals surface area (Å²) in [4.78, 5) is 0. The molecule has 1 aromatic rings. The highest BCUT2D eigenvalue weighted by Gasteiger charge is 2.17. The van der Waals surface area contributed by atoms with Crippen molar-refractivity contribution < 1.29 is 12.8 Å². The Hall–Kier alpha value is -0.660. The van der Waals surface area contributed by atoms with E-state index in [4.69, 9.17) is 0 Å². The van der Waals surface area contributed by atoms with Crippen molar-refractivity contribution in [1.29, 1.82) is 0 Å². The Morgan fingerprint density at radius 2 is 2.20 bits per heavy atom. The van der Waals surface area contributed by atoms with Crippen LogP contribution in [0, 0.1) is 5.82 Å². The van der Waals surface area contributed by atoms with Crippen LogP contribution in [-0.2, 0) is 10.0 Å². The van der Waals surface area contributed by atoms with E-state index in [-0.39, 0.29) is 17.5 Å². The molecule has 1 atom stereocenters.